The predicted molar refractivity (Wildman–Crippen MR) is 100 cm³/mol. The molecule has 7 heteroatoms. The summed E-state index contributed by atoms with van der Waals surface area (Å²) in [4.78, 5) is 35.3. The zero-order valence-corrected chi connectivity index (χ0v) is 15.4. The highest BCUT2D eigenvalue weighted by Crippen LogP contribution is 2.60. The van der Waals surface area contributed by atoms with E-state index in [1.165, 1.54) is 13.3 Å². The van der Waals surface area contributed by atoms with Gasteiger partial charge in [-0.05, 0) is 30.4 Å². The first-order valence-electron chi connectivity index (χ1n) is 9.26. The van der Waals surface area contributed by atoms with Crippen LogP contribution < -0.4 is 4.74 Å². The van der Waals surface area contributed by atoms with Crippen molar-refractivity contribution in [2.24, 2.45) is 5.41 Å². The van der Waals surface area contributed by atoms with Crippen LogP contribution in [-0.4, -0.2) is 33.8 Å². The SMILES string of the molecule is COC(=O)c1cnc(C2CC3(CC(=O)C3)C2)cc1Oc1cnc2[nH]ccc2c1. The third-order valence-corrected chi connectivity index (χ3v) is 5.82. The minimum Gasteiger partial charge on any atom is -0.465 e. The van der Waals surface area contributed by atoms with E-state index in [2.05, 4.69) is 15.0 Å². The van der Waals surface area contributed by atoms with E-state index in [-0.39, 0.29) is 16.9 Å². The lowest BCUT2D eigenvalue weighted by Crippen LogP contribution is -2.47. The number of pyridine rings is 2. The minimum atomic E-state index is -0.501. The largest absolute Gasteiger partial charge is 0.465 e. The summed E-state index contributed by atoms with van der Waals surface area (Å²) in [5.74, 6) is 1.07. The van der Waals surface area contributed by atoms with E-state index in [9.17, 15) is 9.59 Å². The lowest BCUT2D eigenvalue weighted by Gasteiger charge is -2.52. The highest BCUT2D eigenvalue weighted by Gasteiger charge is 2.53. The molecule has 5 rings (SSSR count). The maximum atomic E-state index is 12.2. The topological polar surface area (TPSA) is 94.2 Å². The number of aromatic nitrogens is 3. The summed E-state index contributed by atoms with van der Waals surface area (Å²) in [6.45, 7) is 0. The number of Topliss-reactive ketones (excluding diaryl/α,β-unsaturated/α-hetero) is 1. The molecule has 0 bridgehead atoms. The number of ether oxygens (including phenoxy) is 2. The number of H-pyrrole nitrogens is 1. The lowest BCUT2D eigenvalue weighted by atomic mass is 9.51. The van der Waals surface area contributed by atoms with Gasteiger partial charge in [0.25, 0.3) is 0 Å². The van der Waals surface area contributed by atoms with Gasteiger partial charge in [-0.25, -0.2) is 9.78 Å². The highest BCUT2D eigenvalue weighted by molar-refractivity contribution is 5.92. The van der Waals surface area contributed by atoms with Gasteiger partial charge in [0.2, 0.25) is 0 Å². The number of carbonyl (C=O) groups excluding carboxylic acids is 2. The molecule has 2 saturated carbocycles. The van der Waals surface area contributed by atoms with Gasteiger partial charge < -0.3 is 14.5 Å². The maximum Gasteiger partial charge on any atom is 0.343 e. The molecule has 2 fully saturated rings. The molecule has 0 aliphatic heterocycles. The van der Waals surface area contributed by atoms with Crippen LogP contribution in [0, 0.1) is 5.41 Å². The maximum absolute atomic E-state index is 12.2. The van der Waals surface area contributed by atoms with Crippen LogP contribution in [0.25, 0.3) is 11.0 Å². The first kappa shape index (κ1) is 16.9. The predicted octanol–water partition coefficient (Wildman–Crippen LogP) is 3.76. The molecule has 0 saturated heterocycles. The Labute approximate surface area is 161 Å². The molecular formula is C21H19N3O4. The van der Waals surface area contributed by atoms with Crippen molar-refractivity contribution in [3.8, 4) is 11.5 Å². The quantitative estimate of drug-likeness (QED) is 0.696. The van der Waals surface area contributed by atoms with E-state index < -0.39 is 5.97 Å². The number of aromatic amines is 1. The van der Waals surface area contributed by atoms with Crippen LogP contribution in [0.5, 0.6) is 11.5 Å². The molecule has 3 heterocycles. The van der Waals surface area contributed by atoms with Crippen molar-refractivity contribution in [2.45, 2.75) is 31.6 Å². The third-order valence-electron chi connectivity index (χ3n) is 5.82. The number of hydrogen-bond acceptors (Lipinski definition) is 6. The monoisotopic (exact) mass is 377 g/mol. The molecule has 0 aromatic carbocycles. The van der Waals surface area contributed by atoms with Gasteiger partial charge in [0.05, 0.1) is 13.3 Å². The summed E-state index contributed by atoms with van der Waals surface area (Å²) in [5.41, 5.74) is 2.11. The molecule has 1 spiro atoms. The average Bonchev–Trinajstić information content (AvgIpc) is 3.10. The Kier molecular flexibility index (Phi) is 3.72. The van der Waals surface area contributed by atoms with E-state index >= 15 is 0 Å². The Morgan fingerprint density at radius 2 is 2.04 bits per heavy atom. The molecule has 142 valence electrons. The third kappa shape index (κ3) is 2.74. The van der Waals surface area contributed by atoms with Gasteiger partial charge in [-0.2, -0.15) is 0 Å². The number of nitrogens with one attached hydrogen (secondary N) is 1. The van der Waals surface area contributed by atoms with E-state index in [0.717, 1.165) is 29.6 Å². The Morgan fingerprint density at radius 3 is 2.79 bits per heavy atom. The number of esters is 1. The van der Waals surface area contributed by atoms with Crippen LogP contribution in [0.4, 0.5) is 0 Å². The molecular weight excluding hydrogens is 358 g/mol. The Bertz CT molecular complexity index is 1090. The molecule has 0 unspecified atom stereocenters. The standard InChI is InChI=1S/C21H19N3O4/c1-27-20(26)16-11-23-17(13-6-21(7-13)8-14(25)9-21)5-18(16)28-15-4-12-2-3-22-19(12)24-10-15/h2-5,10-11,13H,6-9H2,1H3,(H,22,24). The normalized spacial score (nSPS) is 18.0. The van der Waals surface area contributed by atoms with Gasteiger partial charge in [-0.3, -0.25) is 9.78 Å². The number of fused-ring (bicyclic) bond motifs is 1. The summed E-state index contributed by atoms with van der Waals surface area (Å²) < 4.78 is 10.9. The molecule has 0 atom stereocenters. The number of nitrogens with zero attached hydrogens (tertiary/aromatic N) is 2. The van der Waals surface area contributed by atoms with Crippen molar-refractivity contribution in [3.63, 3.8) is 0 Å². The van der Waals surface area contributed by atoms with Gasteiger partial charge in [-0.15, -0.1) is 0 Å². The first-order chi connectivity index (χ1) is 13.5. The molecule has 3 aromatic rings. The van der Waals surface area contributed by atoms with Crippen LogP contribution >= 0.6 is 0 Å². The molecule has 0 radical (unpaired) electrons. The van der Waals surface area contributed by atoms with Crippen molar-refractivity contribution >= 4 is 22.8 Å². The van der Waals surface area contributed by atoms with Crippen molar-refractivity contribution in [3.05, 3.63) is 48.0 Å². The Balaban J connectivity index is 1.43. The van der Waals surface area contributed by atoms with E-state index in [1.54, 1.807) is 6.20 Å². The van der Waals surface area contributed by atoms with Gasteiger partial charge in [0.1, 0.15) is 28.5 Å². The zero-order chi connectivity index (χ0) is 19.3. The minimum absolute atomic E-state index is 0.189. The van der Waals surface area contributed by atoms with E-state index in [0.29, 0.717) is 30.1 Å². The summed E-state index contributed by atoms with van der Waals surface area (Å²) in [5, 5.41) is 0.919. The number of rotatable bonds is 4. The number of carbonyl (C=O) groups is 2. The van der Waals surface area contributed by atoms with Gasteiger partial charge in [-0.1, -0.05) is 0 Å². The van der Waals surface area contributed by atoms with Gasteiger partial charge in [0, 0.05) is 48.3 Å². The van der Waals surface area contributed by atoms with Crippen molar-refractivity contribution in [2.75, 3.05) is 7.11 Å². The zero-order valence-electron chi connectivity index (χ0n) is 15.4. The molecule has 28 heavy (non-hydrogen) atoms. The second-order valence-corrected chi connectivity index (χ2v) is 7.78. The van der Waals surface area contributed by atoms with Crippen molar-refractivity contribution in [1.29, 1.82) is 0 Å². The summed E-state index contributed by atoms with van der Waals surface area (Å²) in [6.07, 6.45) is 8.22. The lowest BCUT2D eigenvalue weighted by molar-refractivity contribution is -0.139. The van der Waals surface area contributed by atoms with Crippen LogP contribution in [0.2, 0.25) is 0 Å². The number of ketones is 1. The molecule has 7 nitrogen and oxygen atoms in total. The van der Waals surface area contributed by atoms with Gasteiger partial charge in [0.15, 0.2) is 0 Å². The van der Waals surface area contributed by atoms with Crippen molar-refractivity contribution in [1.82, 2.24) is 15.0 Å². The summed E-state index contributed by atoms with van der Waals surface area (Å²) >= 11 is 0. The second kappa shape index (κ2) is 6.15. The molecule has 2 aliphatic carbocycles. The smallest absolute Gasteiger partial charge is 0.343 e. The molecule has 2 aliphatic rings. The van der Waals surface area contributed by atoms with E-state index in [1.807, 2.05) is 24.4 Å². The molecule has 3 aromatic heterocycles. The van der Waals surface area contributed by atoms with Gasteiger partial charge >= 0.3 is 5.97 Å². The number of methoxy groups -OCH3 is 1. The first-order valence-corrected chi connectivity index (χ1v) is 9.26. The van der Waals surface area contributed by atoms with Crippen molar-refractivity contribution < 1.29 is 19.1 Å². The highest BCUT2D eigenvalue weighted by atomic mass is 16.5. The van der Waals surface area contributed by atoms with E-state index in [4.69, 9.17) is 9.47 Å². The Morgan fingerprint density at radius 1 is 1.21 bits per heavy atom. The average molecular weight is 377 g/mol. The van der Waals surface area contributed by atoms with Crippen LogP contribution in [0.1, 0.15) is 47.7 Å². The summed E-state index contributed by atoms with van der Waals surface area (Å²) in [6, 6.07) is 5.58. The Hall–Kier alpha value is -3.22. The van der Waals surface area contributed by atoms with Crippen LogP contribution in [-0.2, 0) is 9.53 Å². The summed E-state index contributed by atoms with van der Waals surface area (Å²) in [7, 11) is 1.33. The molecule has 1 N–H and O–H groups in total. The number of hydrogen-bond donors (Lipinski definition) is 1. The van der Waals surface area contributed by atoms with Crippen LogP contribution in [0.15, 0.2) is 36.8 Å². The molecule has 0 amide bonds. The fourth-order valence-corrected chi connectivity index (χ4v) is 4.39. The fraction of sp³-hybridized carbons (Fsp3) is 0.333. The fourth-order valence-electron chi connectivity index (χ4n) is 4.39. The van der Waals surface area contributed by atoms with Crippen LogP contribution in [0.3, 0.4) is 0 Å². The second-order valence-electron chi connectivity index (χ2n) is 7.78.